The van der Waals surface area contributed by atoms with Crippen LogP contribution in [0.3, 0.4) is 0 Å². The minimum Gasteiger partial charge on any atom is -0.511 e. The third-order valence-corrected chi connectivity index (χ3v) is 4.21. The molecule has 0 amide bonds. The summed E-state index contributed by atoms with van der Waals surface area (Å²) in [6.07, 6.45) is 2.13. The van der Waals surface area contributed by atoms with Crippen LogP contribution in [0, 0.1) is 0 Å². The molecule has 118 valence electrons. The van der Waals surface area contributed by atoms with Gasteiger partial charge in [0.25, 0.3) is 0 Å². The minimum atomic E-state index is -0.293. The van der Waals surface area contributed by atoms with Gasteiger partial charge in [-0.15, -0.1) is 0 Å². The Kier molecular flexibility index (Phi) is 4.75. The van der Waals surface area contributed by atoms with Crippen LogP contribution in [-0.2, 0) is 4.79 Å². The molecule has 1 aromatic carbocycles. The largest absolute Gasteiger partial charge is 0.511 e. The third kappa shape index (κ3) is 3.97. The Balaban J connectivity index is 2.30. The van der Waals surface area contributed by atoms with E-state index in [4.69, 9.17) is 0 Å². The maximum Gasteiger partial charge on any atom is 0.168 e. The summed E-state index contributed by atoms with van der Waals surface area (Å²) in [6, 6.07) is 4.95. The second kappa shape index (κ2) is 6.24. The Hall–Kier alpha value is -1.62. The molecule has 1 atom stereocenters. The zero-order chi connectivity index (χ0) is 16.5. The van der Waals surface area contributed by atoms with E-state index in [9.17, 15) is 15.0 Å². The number of aliphatic imine (C=N–C) groups is 1. The standard InChI is InChI=1S/C17H20BrNO3/c1-17(2,3)19-9-13-15(21)6-10(7-16(13)22)12-8-11(20)4-5-14(12)18/h4-5,8-10,20-21H,6-7H2,1-3H3. The summed E-state index contributed by atoms with van der Waals surface area (Å²) in [5.74, 6) is -0.0727. The fraction of sp³-hybridized carbons (Fsp3) is 0.412. The number of aromatic hydroxyl groups is 1. The molecular weight excluding hydrogens is 346 g/mol. The number of halogens is 1. The number of hydrogen-bond acceptors (Lipinski definition) is 4. The summed E-state index contributed by atoms with van der Waals surface area (Å²) in [7, 11) is 0. The first-order valence-corrected chi connectivity index (χ1v) is 7.95. The highest BCUT2D eigenvalue weighted by atomic mass is 79.9. The fourth-order valence-electron chi connectivity index (χ4n) is 2.38. The van der Waals surface area contributed by atoms with Gasteiger partial charge in [0.1, 0.15) is 11.5 Å². The van der Waals surface area contributed by atoms with Crippen molar-refractivity contribution in [2.45, 2.75) is 45.1 Å². The van der Waals surface area contributed by atoms with Crippen molar-refractivity contribution in [3.63, 3.8) is 0 Å². The van der Waals surface area contributed by atoms with Crippen LogP contribution in [0.1, 0.15) is 45.1 Å². The molecule has 5 heteroatoms. The van der Waals surface area contributed by atoms with Gasteiger partial charge in [-0.25, -0.2) is 0 Å². The average molecular weight is 366 g/mol. The Morgan fingerprint density at radius 2 is 1.95 bits per heavy atom. The van der Waals surface area contributed by atoms with Crippen LogP contribution in [0.5, 0.6) is 5.75 Å². The van der Waals surface area contributed by atoms with E-state index in [0.29, 0.717) is 12.0 Å². The van der Waals surface area contributed by atoms with Crippen LogP contribution < -0.4 is 0 Å². The Labute approximate surface area is 138 Å². The van der Waals surface area contributed by atoms with Crippen LogP contribution in [0.2, 0.25) is 0 Å². The number of phenols is 1. The first-order chi connectivity index (χ1) is 10.2. The van der Waals surface area contributed by atoms with Crippen LogP contribution in [-0.4, -0.2) is 27.7 Å². The highest BCUT2D eigenvalue weighted by Gasteiger charge is 2.29. The topological polar surface area (TPSA) is 69.9 Å². The Morgan fingerprint density at radius 1 is 1.27 bits per heavy atom. The summed E-state index contributed by atoms with van der Waals surface area (Å²) in [5.41, 5.74) is 0.827. The van der Waals surface area contributed by atoms with Crippen molar-refractivity contribution in [2.75, 3.05) is 0 Å². The fourth-order valence-corrected chi connectivity index (χ4v) is 2.95. The van der Waals surface area contributed by atoms with Gasteiger partial charge in [0.05, 0.1) is 11.1 Å². The molecule has 1 aliphatic rings. The van der Waals surface area contributed by atoms with Crippen molar-refractivity contribution in [1.82, 2.24) is 0 Å². The zero-order valence-corrected chi connectivity index (χ0v) is 14.5. The SMILES string of the molecule is CC(C)(C)N=CC1=C(O)CC(c2cc(O)ccc2Br)CC1=O. The number of rotatable bonds is 2. The average Bonchev–Trinajstić information content (AvgIpc) is 2.39. The van der Waals surface area contributed by atoms with Crippen molar-refractivity contribution >= 4 is 27.9 Å². The molecule has 1 unspecified atom stereocenters. The van der Waals surface area contributed by atoms with Gasteiger partial charge in [0.2, 0.25) is 0 Å². The van der Waals surface area contributed by atoms with Crippen molar-refractivity contribution in [2.24, 2.45) is 4.99 Å². The number of carbonyl (C=O) groups excluding carboxylic acids is 1. The normalized spacial score (nSPS) is 20.0. The quantitative estimate of drug-likeness (QED) is 0.768. The molecule has 0 spiro atoms. The molecule has 2 N–H and O–H groups in total. The van der Waals surface area contributed by atoms with E-state index in [0.717, 1.165) is 10.0 Å². The number of allylic oxidation sites excluding steroid dienone is 2. The van der Waals surface area contributed by atoms with E-state index in [2.05, 4.69) is 20.9 Å². The smallest absolute Gasteiger partial charge is 0.168 e. The number of ketones is 1. The lowest BCUT2D eigenvalue weighted by Gasteiger charge is -2.24. The number of hydrogen-bond donors (Lipinski definition) is 2. The predicted octanol–water partition coefficient (Wildman–Crippen LogP) is 4.28. The van der Waals surface area contributed by atoms with Gasteiger partial charge >= 0.3 is 0 Å². The van der Waals surface area contributed by atoms with Crippen molar-refractivity contribution in [3.8, 4) is 5.75 Å². The van der Waals surface area contributed by atoms with Crippen molar-refractivity contribution in [1.29, 1.82) is 0 Å². The lowest BCUT2D eigenvalue weighted by molar-refractivity contribution is -0.116. The van der Waals surface area contributed by atoms with Gasteiger partial charge in [0.15, 0.2) is 5.78 Å². The Bertz CT molecular complexity index is 656. The van der Waals surface area contributed by atoms with Gasteiger partial charge in [0, 0.05) is 23.5 Å². The van der Waals surface area contributed by atoms with Gasteiger partial charge < -0.3 is 10.2 Å². The molecule has 1 aliphatic carbocycles. The summed E-state index contributed by atoms with van der Waals surface area (Å²) in [5, 5.41) is 19.8. The number of benzene rings is 1. The van der Waals surface area contributed by atoms with Gasteiger partial charge in [-0.1, -0.05) is 15.9 Å². The Morgan fingerprint density at radius 3 is 2.55 bits per heavy atom. The van der Waals surface area contributed by atoms with E-state index in [1.807, 2.05) is 20.8 Å². The lowest BCUT2D eigenvalue weighted by Crippen LogP contribution is -2.21. The molecule has 22 heavy (non-hydrogen) atoms. The highest BCUT2D eigenvalue weighted by Crippen LogP contribution is 2.38. The second-order valence-electron chi connectivity index (χ2n) is 6.52. The van der Waals surface area contributed by atoms with Crippen LogP contribution in [0.4, 0.5) is 0 Å². The molecular formula is C17H20BrNO3. The molecule has 0 saturated carbocycles. The van der Waals surface area contributed by atoms with Crippen molar-refractivity contribution < 1.29 is 15.0 Å². The molecule has 1 aromatic rings. The first-order valence-electron chi connectivity index (χ1n) is 7.16. The van der Waals surface area contributed by atoms with Gasteiger partial charge in [-0.3, -0.25) is 9.79 Å². The molecule has 0 radical (unpaired) electrons. The lowest BCUT2D eigenvalue weighted by atomic mass is 9.83. The van der Waals surface area contributed by atoms with Gasteiger partial charge in [-0.2, -0.15) is 0 Å². The van der Waals surface area contributed by atoms with Crippen molar-refractivity contribution in [3.05, 3.63) is 39.6 Å². The van der Waals surface area contributed by atoms with Gasteiger partial charge in [-0.05, 0) is 50.5 Å². The van der Waals surface area contributed by atoms with E-state index in [1.165, 1.54) is 6.21 Å². The molecule has 2 rings (SSSR count). The maximum atomic E-state index is 12.3. The monoisotopic (exact) mass is 365 g/mol. The minimum absolute atomic E-state index is 0.0597. The molecule has 0 fully saturated rings. The van der Waals surface area contributed by atoms with E-state index in [1.54, 1.807) is 18.2 Å². The molecule has 0 bridgehead atoms. The first kappa shape index (κ1) is 16.7. The molecule has 0 heterocycles. The number of phenolic OH excluding ortho intramolecular Hbond substituents is 1. The van der Waals surface area contributed by atoms with E-state index >= 15 is 0 Å². The predicted molar refractivity (Wildman–Crippen MR) is 90.7 cm³/mol. The van der Waals surface area contributed by atoms with Crippen LogP contribution in [0.15, 0.2) is 39.0 Å². The number of nitrogens with zero attached hydrogens (tertiary/aromatic N) is 1. The zero-order valence-electron chi connectivity index (χ0n) is 12.9. The maximum absolute atomic E-state index is 12.3. The molecule has 0 saturated heterocycles. The molecule has 0 aromatic heterocycles. The summed E-state index contributed by atoms with van der Waals surface area (Å²) in [4.78, 5) is 16.6. The third-order valence-electron chi connectivity index (χ3n) is 3.48. The number of Topliss-reactive ketones (excluding diaryl/α,β-unsaturated/α-hetero) is 1. The van der Waals surface area contributed by atoms with E-state index in [-0.39, 0.29) is 35.2 Å². The number of aliphatic hydroxyl groups is 1. The number of aliphatic hydroxyl groups excluding tert-OH is 1. The summed E-state index contributed by atoms with van der Waals surface area (Å²) < 4.78 is 0.822. The summed E-state index contributed by atoms with van der Waals surface area (Å²) >= 11 is 3.43. The molecule has 0 aliphatic heterocycles. The van der Waals surface area contributed by atoms with Crippen LogP contribution >= 0.6 is 15.9 Å². The van der Waals surface area contributed by atoms with E-state index < -0.39 is 0 Å². The second-order valence-corrected chi connectivity index (χ2v) is 7.38. The summed E-state index contributed by atoms with van der Waals surface area (Å²) in [6.45, 7) is 5.79. The number of carbonyl (C=O) groups is 1. The highest BCUT2D eigenvalue weighted by molar-refractivity contribution is 9.10. The molecule has 4 nitrogen and oxygen atoms in total. The van der Waals surface area contributed by atoms with Crippen LogP contribution in [0.25, 0.3) is 0 Å².